The van der Waals surface area contributed by atoms with Crippen LogP contribution in [-0.4, -0.2) is 12.1 Å². The van der Waals surface area contributed by atoms with Crippen LogP contribution in [0.15, 0.2) is 4.99 Å². The minimum atomic E-state index is 0.0602. The molecule has 1 atom stereocenters. The highest BCUT2D eigenvalue weighted by Gasteiger charge is 2.23. The maximum atomic E-state index is 10.8. The van der Waals surface area contributed by atoms with Crippen molar-refractivity contribution in [2.45, 2.75) is 20.3 Å². The van der Waals surface area contributed by atoms with E-state index in [0.29, 0.717) is 5.92 Å². The highest BCUT2D eigenvalue weighted by molar-refractivity contribution is 5.93. The molecule has 2 nitrogen and oxygen atoms in total. The fraction of sp³-hybridized carbons (Fsp3) is 0.714. The van der Waals surface area contributed by atoms with Crippen molar-refractivity contribution in [2.24, 2.45) is 16.8 Å². The lowest BCUT2D eigenvalue weighted by Gasteiger charge is -2.08. The largest absolute Gasteiger partial charge is 0.272 e. The molecule has 0 fully saturated rings. The van der Waals surface area contributed by atoms with E-state index in [2.05, 4.69) is 18.8 Å². The smallest absolute Gasteiger partial charge is 0.249 e. The third-order valence-electron chi connectivity index (χ3n) is 1.70. The van der Waals surface area contributed by atoms with Crippen LogP contribution in [0.1, 0.15) is 20.3 Å². The van der Waals surface area contributed by atoms with Crippen LogP contribution in [0.2, 0.25) is 0 Å². The Morgan fingerprint density at radius 1 is 1.78 bits per heavy atom. The molecule has 1 amide bonds. The number of carbonyl (C=O) groups excluding carboxylic acids is 1. The van der Waals surface area contributed by atoms with Gasteiger partial charge in [0.05, 0.1) is 0 Å². The molecule has 2 heteroatoms. The molecule has 0 aliphatic carbocycles. The highest BCUT2D eigenvalue weighted by Crippen LogP contribution is 2.19. The van der Waals surface area contributed by atoms with E-state index in [9.17, 15) is 4.79 Å². The summed E-state index contributed by atoms with van der Waals surface area (Å²) in [6.07, 6.45) is 2.56. The first-order valence-corrected chi connectivity index (χ1v) is 3.28. The van der Waals surface area contributed by atoms with Gasteiger partial charge in [0.25, 0.3) is 0 Å². The molecule has 0 N–H and O–H groups in total. The number of rotatable bonds is 1. The Morgan fingerprint density at radius 2 is 2.44 bits per heavy atom. The van der Waals surface area contributed by atoms with Crippen molar-refractivity contribution in [1.82, 2.24) is 0 Å². The van der Waals surface area contributed by atoms with Gasteiger partial charge in [-0.25, -0.2) is 4.99 Å². The molecule has 0 radical (unpaired) electrons. The molecule has 1 unspecified atom stereocenters. The molecule has 50 valence electrons. The zero-order valence-corrected chi connectivity index (χ0v) is 5.79. The van der Waals surface area contributed by atoms with E-state index in [1.54, 1.807) is 6.21 Å². The summed E-state index contributed by atoms with van der Waals surface area (Å²) in [4.78, 5) is 14.5. The summed E-state index contributed by atoms with van der Waals surface area (Å²) in [6.45, 7) is 4.11. The van der Waals surface area contributed by atoms with Crippen molar-refractivity contribution in [2.75, 3.05) is 0 Å². The molecule has 1 heterocycles. The van der Waals surface area contributed by atoms with Crippen LogP contribution in [0.3, 0.4) is 0 Å². The molecule has 1 aliphatic rings. The van der Waals surface area contributed by atoms with Gasteiger partial charge in [0.15, 0.2) is 0 Å². The van der Waals surface area contributed by atoms with Crippen LogP contribution in [0, 0.1) is 11.8 Å². The second-order valence-electron chi connectivity index (χ2n) is 2.74. The molecule has 0 aromatic rings. The van der Waals surface area contributed by atoms with Gasteiger partial charge >= 0.3 is 0 Å². The van der Waals surface area contributed by atoms with Gasteiger partial charge in [-0.3, -0.25) is 4.79 Å². The maximum Gasteiger partial charge on any atom is 0.249 e. The Balaban J connectivity index is 2.56. The predicted octanol–water partition coefficient (Wildman–Crippen LogP) is 1.26. The predicted molar refractivity (Wildman–Crippen MR) is 36.4 cm³/mol. The second-order valence-corrected chi connectivity index (χ2v) is 2.74. The van der Waals surface area contributed by atoms with Crippen molar-refractivity contribution in [3.05, 3.63) is 0 Å². The Bertz CT molecular complexity index is 149. The molecule has 9 heavy (non-hydrogen) atoms. The summed E-state index contributed by atoms with van der Waals surface area (Å²) in [7, 11) is 0. The third-order valence-corrected chi connectivity index (χ3v) is 1.70. The van der Waals surface area contributed by atoms with Crippen molar-refractivity contribution in [1.29, 1.82) is 0 Å². The van der Waals surface area contributed by atoms with E-state index in [1.807, 2.05) is 0 Å². The van der Waals surface area contributed by atoms with Crippen LogP contribution in [0.5, 0.6) is 0 Å². The molecule has 1 rings (SSSR count). The van der Waals surface area contributed by atoms with E-state index < -0.39 is 0 Å². The minimum Gasteiger partial charge on any atom is -0.272 e. The second kappa shape index (κ2) is 2.29. The lowest BCUT2D eigenvalue weighted by atomic mass is 9.94. The quantitative estimate of drug-likeness (QED) is 0.518. The maximum absolute atomic E-state index is 10.8. The van der Waals surface area contributed by atoms with Crippen molar-refractivity contribution < 1.29 is 4.79 Å². The zero-order chi connectivity index (χ0) is 6.85. The Labute approximate surface area is 55.0 Å². The van der Waals surface area contributed by atoms with Gasteiger partial charge in [-0.15, -0.1) is 0 Å². The number of amides is 1. The van der Waals surface area contributed by atoms with Gasteiger partial charge in [-0.2, -0.15) is 0 Å². The Morgan fingerprint density at radius 3 is 2.67 bits per heavy atom. The standard InChI is InChI=1S/C7H11NO/c1-5(2)6-3-4-8-7(6)9/h4-6H,3H2,1-2H3. The van der Waals surface area contributed by atoms with Crippen molar-refractivity contribution >= 4 is 12.1 Å². The topological polar surface area (TPSA) is 29.4 Å². The molecular weight excluding hydrogens is 114 g/mol. The molecular formula is C7H11NO. The summed E-state index contributed by atoms with van der Waals surface area (Å²) >= 11 is 0. The van der Waals surface area contributed by atoms with E-state index in [-0.39, 0.29) is 11.8 Å². The van der Waals surface area contributed by atoms with Crippen LogP contribution in [-0.2, 0) is 4.79 Å². The fourth-order valence-electron chi connectivity index (χ4n) is 1.01. The molecule has 0 aromatic carbocycles. The van der Waals surface area contributed by atoms with Gasteiger partial charge in [-0.05, 0) is 12.3 Å². The van der Waals surface area contributed by atoms with Crippen LogP contribution in [0.4, 0.5) is 0 Å². The summed E-state index contributed by atoms with van der Waals surface area (Å²) in [5.74, 6) is 0.676. The van der Waals surface area contributed by atoms with Gasteiger partial charge in [0, 0.05) is 12.1 Å². The van der Waals surface area contributed by atoms with Crippen molar-refractivity contribution in [3.8, 4) is 0 Å². The average molecular weight is 125 g/mol. The number of nitrogens with zero attached hydrogens (tertiary/aromatic N) is 1. The third kappa shape index (κ3) is 1.18. The van der Waals surface area contributed by atoms with Crippen LogP contribution < -0.4 is 0 Å². The van der Waals surface area contributed by atoms with Crippen LogP contribution in [0.25, 0.3) is 0 Å². The number of hydrogen-bond acceptors (Lipinski definition) is 1. The molecule has 0 saturated heterocycles. The Hall–Kier alpha value is -0.660. The van der Waals surface area contributed by atoms with E-state index in [0.717, 1.165) is 6.42 Å². The average Bonchev–Trinajstić information content (AvgIpc) is 2.13. The van der Waals surface area contributed by atoms with E-state index in [4.69, 9.17) is 0 Å². The molecule has 0 spiro atoms. The Kier molecular flexibility index (Phi) is 1.65. The first-order chi connectivity index (χ1) is 4.22. The van der Waals surface area contributed by atoms with Gasteiger partial charge < -0.3 is 0 Å². The number of carbonyl (C=O) groups is 1. The van der Waals surface area contributed by atoms with Crippen LogP contribution >= 0.6 is 0 Å². The summed E-state index contributed by atoms with van der Waals surface area (Å²) in [5, 5.41) is 0. The molecule has 0 aromatic heterocycles. The molecule has 0 saturated carbocycles. The van der Waals surface area contributed by atoms with E-state index >= 15 is 0 Å². The van der Waals surface area contributed by atoms with Gasteiger partial charge in [0.1, 0.15) is 0 Å². The monoisotopic (exact) mass is 125 g/mol. The van der Waals surface area contributed by atoms with Gasteiger partial charge in [0.2, 0.25) is 5.91 Å². The lowest BCUT2D eigenvalue weighted by Crippen LogP contribution is -2.13. The fourth-order valence-corrected chi connectivity index (χ4v) is 1.01. The zero-order valence-electron chi connectivity index (χ0n) is 5.79. The summed E-state index contributed by atoms with van der Waals surface area (Å²) in [5.41, 5.74) is 0. The first-order valence-electron chi connectivity index (χ1n) is 3.28. The normalized spacial score (nSPS) is 26.1. The molecule has 1 aliphatic heterocycles. The highest BCUT2D eigenvalue weighted by atomic mass is 16.1. The number of hydrogen-bond donors (Lipinski definition) is 0. The SMILES string of the molecule is CC(C)C1CC=NC1=O. The minimum absolute atomic E-state index is 0.0602. The van der Waals surface area contributed by atoms with Crippen molar-refractivity contribution in [3.63, 3.8) is 0 Å². The lowest BCUT2D eigenvalue weighted by molar-refractivity contribution is -0.121. The molecule has 0 bridgehead atoms. The summed E-state index contributed by atoms with van der Waals surface area (Å²) in [6, 6.07) is 0. The van der Waals surface area contributed by atoms with E-state index in [1.165, 1.54) is 0 Å². The summed E-state index contributed by atoms with van der Waals surface area (Å²) < 4.78 is 0. The first kappa shape index (κ1) is 6.46. The number of aliphatic imine (C=N–C) groups is 1. The van der Waals surface area contributed by atoms with Gasteiger partial charge in [-0.1, -0.05) is 13.8 Å².